The lowest BCUT2D eigenvalue weighted by molar-refractivity contribution is 0.0251. The van der Waals surface area contributed by atoms with E-state index in [1.165, 1.54) is 5.57 Å². The molecule has 1 N–H and O–H groups in total. The van der Waals surface area contributed by atoms with Crippen LogP contribution in [0.4, 0.5) is 0 Å². The minimum Gasteiger partial charge on any atom is -0.500 e. The van der Waals surface area contributed by atoms with Crippen LogP contribution in [0.25, 0.3) is 0 Å². The van der Waals surface area contributed by atoms with Crippen LogP contribution in [0.1, 0.15) is 26.2 Å². The number of rotatable bonds is 3. The molecule has 0 bridgehead atoms. The molecule has 0 saturated heterocycles. The third-order valence-corrected chi connectivity index (χ3v) is 4.12. The van der Waals surface area contributed by atoms with E-state index in [9.17, 15) is 5.11 Å². The Morgan fingerprint density at radius 3 is 2.90 bits per heavy atom. The number of allylic oxidation sites excluding steroid dienone is 3. The Bertz CT molecular complexity index is 575. The van der Waals surface area contributed by atoms with Gasteiger partial charge in [0.05, 0.1) is 24.0 Å². The van der Waals surface area contributed by atoms with Gasteiger partial charge in [-0.15, -0.1) is 0 Å². The predicted octanol–water partition coefficient (Wildman–Crippen LogP) is 2.14. The molecule has 0 saturated carbocycles. The van der Waals surface area contributed by atoms with E-state index in [4.69, 9.17) is 4.74 Å². The summed E-state index contributed by atoms with van der Waals surface area (Å²) in [4.78, 5) is 6.44. The van der Waals surface area contributed by atoms with Crippen LogP contribution in [0.3, 0.4) is 0 Å². The van der Waals surface area contributed by atoms with Crippen molar-refractivity contribution in [1.29, 1.82) is 0 Å². The predicted molar refractivity (Wildman–Crippen MR) is 78.3 cm³/mol. The summed E-state index contributed by atoms with van der Waals surface area (Å²) in [6, 6.07) is 0. The zero-order valence-electron chi connectivity index (χ0n) is 12.0. The van der Waals surface area contributed by atoms with Crippen molar-refractivity contribution in [3.8, 4) is 0 Å². The number of nitrogens with zero attached hydrogens (tertiary/aromatic N) is 2. The number of fused-ring (bicyclic) bond motifs is 1. The van der Waals surface area contributed by atoms with E-state index in [0.29, 0.717) is 0 Å². The van der Waals surface area contributed by atoms with Gasteiger partial charge >= 0.3 is 0 Å². The van der Waals surface area contributed by atoms with Crippen LogP contribution in [-0.2, 0) is 4.74 Å². The Hall–Kier alpha value is -1.61. The van der Waals surface area contributed by atoms with E-state index in [1.807, 2.05) is 11.8 Å². The summed E-state index contributed by atoms with van der Waals surface area (Å²) in [5, 5.41) is 9.61. The highest BCUT2D eigenvalue weighted by Crippen LogP contribution is 2.38. The van der Waals surface area contributed by atoms with Gasteiger partial charge in [-0.25, -0.2) is 4.99 Å². The third kappa shape index (κ3) is 2.27. The number of methoxy groups -OCH3 is 1. The third-order valence-electron chi connectivity index (χ3n) is 4.12. The van der Waals surface area contributed by atoms with E-state index in [1.54, 1.807) is 7.11 Å². The summed E-state index contributed by atoms with van der Waals surface area (Å²) in [6.45, 7) is 3.44. The molecule has 2 heterocycles. The SMILES string of the molecule is COC1=C2C(C3=CCN(C(C)O)CC3)=C=NC2=CCC1. The molecule has 20 heavy (non-hydrogen) atoms. The lowest BCUT2D eigenvalue weighted by Crippen LogP contribution is -2.36. The largest absolute Gasteiger partial charge is 0.500 e. The number of aliphatic hydroxyl groups excluding tert-OH is 1. The Balaban J connectivity index is 1.87. The maximum Gasteiger partial charge on any atom is 0.107 e. The molecule has 106 valence electrons. The lowest BCUT2D eigenvalue weighted by Gasteiger charge is -2.29. The van der Waals surface area contributed by atoms with Gasteiger partial charge in [0, 0.05) is 19.5 Å². The lowest BCUT2D eigenvalue weighted by atomic mass is 9.90. The molecule has 1 atom stereocenters. The monoisotopic (exact) mass is 272 g/mol. The van der Waals surface area contributed by atoms with E-state index in [0.717, 1.165) is 55.0 Å². The average molecular weight is 272 g/mol. The molecule has 0 radical (unpaired) electrons. The fraction of sp³-hybridized carbons (Fsp3) is 0.500. The van der Waals surface area contributed by atoms with Crippen molar-refractivity contribution in [3.05, 3.63) is 40.3 Å². The van der Waals surface area contributed by atoms with E-state index in [-0.39, 0.29) is 0 Å². The van der Waals surface area contributed by atoms with Crippen LogP contribution < -0.4 is 0 Å². The average Bonchev–Trinajstić information content (AvgIpc) is 2.91. The van der Waals surface area contributed by atoms with Gasteiger partial charge < -0.3 is 9.84 Å². The number of hydrogen-bond acceptors (Lipinski definition) is 4. The number of ether oxygens (including phenoxy) is 1. The summed E-state index contributed by atoms with van der Waals surface area (Å²) in [5.41, 5.74) is 4.47. The van der Waals surface area contributed by atoms with Crippen molar-refractivity contribution in [2.75, 3.05) is 20.2 Å². The number of aliphatic hydroxyl groups is 1. The normalized spacial score (nSPS) is 24.1. The molecule has 2 aliphatic heterocycles. The summed E-state index contributed by atoms with van der Waals surface area (Å²) in [7, 11) is 1.73. The minimum absolute atomic E-state index is 0.391. The smallest absolute Gasteiger partial charge is 0.107 e. The first-order valence-corrected chi connectivity index (χ1v) is 7.14. The molecule has 0 spiro atoms. The van der Waals surface area contributed by atoms with Gasteiger partial charge in [0.15, 0.2) is 0 Å². The van der Waals surface area contributed by atoms with Crippen molar-refractivity contribution in [2.24, 2.45) is 4.99 Å². The van der Waals surface area contributed by atoms with Gasteiger partial charge in [0.25, 0.3) is 0 Å². The molecule has 4 nitrogen and oxygen atoms in total. The van der Waals surface area contributed by atoms with Crippen molar-refractivity contribution >= 4 is 5.87 Å². The van der Waals surface area contributed by atoms with Crippen LogP contribution in [-0.4, -0.2) is 42.3 Å². The molecule has 3 aliphatic rings. The quantitative estimate of drug-likeness (QED) is 0.856. The van der Waals surface area contributed by atoms with Crippen LogP contribution in [0.2, 0.25) is 0 Å². The Morgan fingerprint density at radius 2 is 2.25 bits per heavy atom. The Labute approximate surface area is 119 Å². The first-order chi connectivity index (χ1) is 9.70. The van der Waals surface area contributed by atoms with Gasteiger partial charge in [0.1, 0.15) is 12.0 Å². The second-order valence-electron chi connectivity index (χ2n) is 5.34. The second-order valence-corrected chi connectivity index (χ2v) is 5.34. The molecular weight excluding hydrogens is 252 g/mol. The standard InChI is InChI=1S/C16H20N2O2/c1-11(19)18-8-6-12(7-9-18)13-10-17-14-4-3-5-15(20-2)16(13)14/h4,6,11,19H,3,5,7-9H2,1-2H3. The van der Waals surface area contributed by atoms with Gasteiger partial charge in [-0.2, -0.15) is 0 Å². The Kier molecular flexibility index (Phi) is 3.62. The topological polar surface area (TPSA) is 45.1 Å². The van der Waals surface area contributed by atoms with Gasteiger partial charge in [0.2, 0.25) is 0 Å². The zero-order valence-corrected chi connectivity index (χ0v) is 12.0. The second kappa shape index (κ2) is 5.41. The number of aliphatic imine (C=N–C) groups is 1. The maximum absolute atomic E-state index is 9.61. The van der Waals surface area contributed by atoms with Crippen LogP contribution in [0, 0.1) is 0 Å². The molecule has 3 rings (SSSR count). The van der Waals surface area contributed by atoms with Crippen molar-refractivity contribution in [3.63, 3.8) is 0 Å². The molecule has 0 aromatic heterocycles. The summed E-state index contributed by atoms with van der Waals surface area (Å²) in [6.07, 6.45) is 6.77. The highest BCUT2D eigenvalue weighted by molar-refractivity contribution is 5.82. The highest BCUT2D eigenvalue weighted by atomic mass is 16.5. The molecular formula is C16H20N2O2. The molecule has 0 aromatic rings. The van der Waals surface area contributed by atoms with Crippen molar-refractivity contribution in [2.45, 2.75) is 32.4 Å². The summed E-state index contributed by atoms with van der Waals surface area (Å²) in [5.74, 6) is 4.18. The molecule has 1 unspecified atom stereocenters. The van der Waals surface area contributed by atoms with Gasteiger partial charge in [-0.1, -0.05) is 12.2 Å². The highest BCUT2D eigenvalue weighted by Gasteiger charge is 2.28. The number of hydrogen-bond donors (Lipinski definition) is 1. The summed E-state index contributed by atoms with van der Waals surface area (Å²) < 4.78 is 5.53. The van der Waals surface area contributed by atoms with Gasteiger partial charge in [-0.3, -0.25) is 4.90 Å². The molecule has 0 aromatic carbocycles. The van der Waals surface area contributed by atoms with Crippen molar-refractivity contribution < 1.29 is 9.84 Å². The fourth-order valence-electron chi connectivity index (χ4n) is 2.94. The minimum atomic E-state index is -0.391. The molecule has 0 fully saturated rings. The van der Waals surface area contributed by atoms with Crippen LogP contribution >= 0.6 is 0 Å². The Morgan fingerprint density at radius 1 is 1.40 bits per heavy atom. The maximum atomic E-state index is 9.61. The first-order valence-electron chi connectivity index (χ1n) is 7.14. The molecule has 1 aliphatic carbocycles. The molecule has 0 amide bonds. The van der Waals surface area contributed by atoms with Crippen LogP contribution in [0.5, 0.6) is 0 Å². The van der Waals surface area contributed by atoms with E-state index in [2.05, 4.69) is 23.0 Å². The molecule has 4 heteroatoms. The van der Waals surface area contributed by atoms with E-state index >= 15 is 0 Å². The van der Waals surface area contributed by atoms with Crippen LogP contribution in [0.15, 0.2) is 45.3 Å². The van der Waals surface area contributed by atoms with Gasteiger partial charge in [-0.05, 0) is 31.2 Å². The first kappa shape index (κ1) is 13.4. The summed E-state index contributed by atoms with van der Waals surface area (Å²) >= 11 is 0. The zero-order chi connectivity index (χ0) is 14.1. The van der Waals surface area contributed by atoms with E-state index < -0.39 is 6.23 Å². The van der Waals surface area contributed by atoms with Crippen molar-refractivity contribution in [1.82, 2.24) is 4.90 Å². The fourth-order valence-corrected chi connectivity index (χ4v) is 2.94.